The molecule has 0 fully saturated rings. The van der Waals surface area contributed by atoms with Crippen LogP contribution in [0.5, 0.6) is 0 Å². The van der Waals surface area contributed by atoms with E-state index >= 15 is 0 Å². The summed E-state index contributed by atoms with van der Waals surface area (Å²) >= 11 is 7.85. The van der Waals surface area contributed by atoms with Crippen LogP contribution in [0.4, 0.5) is 10.2 Å². The Bertz CT molecular complexity index is 1310. The van der Waals surface area contributed by atoms with Gasteiger partial charge in [0.1, 0.15) is 18.2 Å². The second-order valence-corrected chi connectivity index (χ2v) is 11.7. The lowest BCUT2D eigenvalue weighted by molar-refractivity contribution is -0.122. The molecule has 1 atom stereocenters. The molecule has 3 aromatic rings. The minimum absolute atomic E-state index is 0.163. The Kier molecular flexibility index (Phi) is 8.80. The van der Waals surface area contributed by atoms with Crippen molar-refractivity contribution in [1.82, 2.24) is 15.1 Å². The van der Waals surface area contributed by atoms with Gasteiger partial charge in [0.25, 0.3) is 0 Å². The lowest BCUT2D eigenvalue weighted by Gasteiger charge is -2.24. The van der Waals surface area contributed by atoms with Gasteiger partial charge in [-0.3, -0.25) is 14.5 Å². The summed E-state index contributed by atoms with van der Waals surface area (Å²) in [6.07, 6.45) is 0.663. The number of nitrogens with zero attached hydrogens (tertiary/aromatic N) is 3. The van der Waals surface area contributed by atoms with Gasteiger partial charge in [0, 0.05) is 36.3 Å². The summed E-state index contributed by atoms with van der Waals surface area (Å²) in [6, 6.07) is 13.5. The number of amides is 2. The predicted molar refractivity (Wildman–Crippen MR) is 150 cm³/mol. The van der Waals surface area contributed by atoms with Crippen molar-refractivity contribution in [2.45, 2.75) is 37.9 Å². The molecule has 1 aliphatic rings. The Morgan fingerprint density at radius 3 is 2.63 bits per heavy atom. The van der Waals surface area contributed by atoms with E-state index in [1.807, 2.05) is 24.3 Å². The first kappa shape index (κ1) is 28.1. The van der Waals surface area contributed by atoms with Crippen LogP contribution < -0.4 is 10.2 Å². The highest BCUT2D eigenvalue weighted by Crippen LogP contribution is 2.48. The third-order valence-corrected chi connectivity index (χ3v) is 7.66. The first-order valence-electron chi connectivity index (χ1n) is 12.4. The lowest BCUT2D eigenvalue weighted by atomic mass is 9.87. The van der Waals surface area contributed by atoms with E-state index in [9.17, 15) is 14.0 Å². The Morgan fingerprint density at radius 2 is 1.97 bits per heavy atom. The van der Waals surface area contributed by atoms with Crippen LogP contribution in [0.2, 0.25) is 5.02 Å². The van der Waals surface area contributed by atoms with Gasteiger partial charge in [-0.1, -0.05) is 44.5 Å². The monoisotopic (exact) mass is 558 g/mol. The topological polar surface area (TPSA) is 76.5 Å². The molecule has 1 N–H and O–H groups in total. The van der Waals surface area contributed by atoms with Crippen LogP contribution in [0.15, 0.2) is 48.5 Å². The molecule has 0 spiro atoms. The van der Waals surface area contributed by atoms with E-state index in [-0.39, 0.29) is 35.2 Å². The molecule has 38 heavy (non-hydrogen) atoms. The van der Waals surface area contributed by atoms with Crippen LogP contribution in [-0.4, -0.2) is 54.2 Å². The fraction of sp³-hybridized carbons (Fsp3) is 0.393. The Morgan fingerprint density at radius 1 is 1.24 bits per heavy atom. The number of hydrogen-bond acceptors (Lipinski definition) is 5. The number of halogens is 2. The standard InChI is InChI=1S/C28H32ClFN4O3S/c1-28(2,3)26-24-25(18-7-5-8-19(29)15-18)38-17-23(36)33(16-22(35)31-13-6-14-37-4)27(24)34(32-26)21-11-9-20(30)10-12-21/h5,7-12,15,25H,6,13-14,16-17H2,1-4H3,(H,31,35). The van der Waals surface area contributed by atoms with Crippen LogP contribution in [0.25, 0.3) is 5.69 Å². The van der Waals surface area contributed by atoms with Gasteiger partial charge in [-0.15, -0.1) is 11.8 Å². The van der Waals surface area contributed by atoms with E-state index in [0.29, 0.717) is 36.1 Å². The van der Waals surface area contributed by atoms with Crippen LogP contribution >= 0.6 is 23.4 Å². The molecule has 202 valence electrons. The quantitative estimate of drug-likeness (QED) is 0.380. The molecule has 10 heteroatoms. The van der Waals surface area contributed by atoms with Crippen LogP contribution in [-0.2, 0) is 19.7 Å². The van der Waals surface area contributed by atoms with Crippen molar-refractivity contribution >= 4 is 41.0 Å². The van der Waals surface area contributed by atoms with Crippen LogP contribution in [0.1, 0.15) is 49.3 Å². The number of fused-ring (bicyclic) bond motifs is 1. The van der Waals surface area contributed by atoms with Crippen molar-refractivity contribution in [3.05, 3.63) is 76.2 Å². The van der Waals surface area contributed by atoms with E-state index < -0.39 is 5.41 Å². The largest absolute Gasteiger partial charge is 0.385 e. The Hall–Kier alpha value is -2.88. The van der Waals surface area contributed by atoms with Gasteiger partial charge >= 0.3 is 0 Å². The van der Waals surface area contributed by atoms with E-state index in [1.54, 1.807) is 23.9 Å². The fourth-order valence-corrected chi connectivity index (χ4v) is 5.80. The molecule has 2 aromatic carbocycles. The summed E-state index contributed by atoms with van der Waals surface area (Å²) in [5.41, 5.74) is 2.76. The fourth-order valence-electron chi connectivity index (χ4n) is 4.41. The number of anilines is 1. The number of aromatic nitrogens is 2. The second-order valence-electron chi connectivity index (χ2n) is 10.1. The lowest BCUT2D eigenvalue weighted by Crippen LogP contribution is -2.42. The molecule has 0 radical (unpaired) electrons. The molecule has 0 aliphatic carbocycles. The summed E-state index contributed by atoms with van der Waals surface area (Å²) < 4.78 is 20.6. The molecule has 1 unspecified atom stereocenters. The van der Waals surface area contributed by atoms with E-state index in [0.717, 1.165) is 16.8 Å². The normalized spacial score (nSPS) is 15.8. The molecule has 4 rings (SSSR count). The van der Waals surface area contributed by atoms with Crippen molar-refractivity contribution in [1.29, 1.82) is 0 Å². The highest BCUT2D eigenvalue weighted by Gasteiger charge is 2.40. The van der Waals surface area contributed by atoms with Crippen molar-refractivity contribution < 1.29 is 18.7 Å². The summed E-state index contributed by atoms with van der Waals surface area (Å²) in [5.74, 6) is -0.199. The minimum Gasteiger partial charge on any atom is -0.385 e. The third kappa shape index (κ3) is 6.22. The van der Waals surface area contributed by atoms with E-state index in [1.165, 1.54) is 28.8 Å². The molecular weight excluding hydrogens is 527 g/mol. The number of nitrogens with one attached hydrogen (secondary N) is 1. The van der Waals surface area contributed by atoms with E-state index in [4.69, 9.17) is 21.4 Å². The van der Waals surface area contributed by atoms with Crippen LogP contribution in [0, 0.1) is 5.82 Å². The van der Waals surface area contributed by atoms with Gasteiger partial charge in [-0.25, -0.2) is 9.07 Å². The average Bonchev–Trinajstić information content (AvgIpc) is 3.20. The molecular formula is C28H32ClFN4O3S. The highest BCUT2D eigenvalue weighted by molar-refractivity contribution is 8.00. The van der Waals surface area contributed by atoms with Crippen molar-refractivity contribution in [2.75, 3.05) is 37.5 Å². The maximum absolute atomic E-state index is 13.8. The smallest absolute Gasteiger partial charge is 0.240 e. The highest BCUT2D eigenvalue weighted by atomic mass is 35.5. The predicted octanol–water partition coefficient (Wildman–Crippen LogP) is 5.28. The number of methoxy groups -OCH3 is 1. The van der Waals surface area contributed by atoms with Gasteiger partial charge in [-0.2, -0.15) is 5.10 Å². The maximum atomic E-state index is 13.8. The SMILES string of the molecule is COCCCNC(=O)CN1C(=O)CSC(c2cccc(Cl)c2)c2c(C(C)(C)C)nn(-c3ccc(F)cc3)c21. The molecule has 0 saturated carbocycles. The Labute approximate surface area is 231 Å². The van der Waals surface area contributed by atoms with Crippen molar-refractivity contribution in [2.24, 2.45) is 0 Å². The molecule has 0 bridgehead atoms. The minimum atomic E-state index is -0.395. The van der Waals surface area contributed by atoms with Crippen LogP contribution in [0.3, 0.4) is 0 Å². The number of ether oxygens (including phenoxy) is 1. The van der Waals surface area contributed by atoms with E-state index in [2.05, 4.69) is 26.1 Å². The van der Waals surface area contributed by atoms with Gasteiger partial charge in [-0.05, 0) is 48.4 Å². The summed E-state index contributed by atoms with van der Waals surface area (Å²) in [7, 11) is 1.61. The number of carbonyl (C=O) groups excluding carboxylic acids is 2. The third-order valence-electron chi connectivity index (χ3n) is 6.17. The number of thioether (sulfide) groups is 1. The first-order valence-corrected chi connectivity index (χ1v) is 13.8. The summed E-state index contributed by atoms with van der Waals surface area (Å²) in [4.78, 5) is 28.1. The first-order chi connectivity index (χ1) is 18.1. The zero-order chi connectivity index (χ0) is 27.4. The summed E-state index contributed by atoms with van der Waals surface area (Å²) in [6.45, 7) is 6.97. The molecule has 7 nitrogen and oxygen atoms in total. The number of rotatable bonds is 8. The van der Waals surface area contributed by atoms with Crippen molar-refractivity contribution in [3.63, 3.8) is 0 Å². The average molecular weight is 559 g/mol. The second kappa shape index (κ2) is 11.9. The van der Waals surface area contributed by atoms with Crippen molar-refractivity contribution in [3.8, 4) is 5.69 Å². The molecule has 1 aliphatic heterocycles. The molecule has 1 aromatic heterocycles. The molecule has 2 heterocycles. The Balaban J connectivity index is 1.90. The van der Waals surface area contributed by atoms with Gasteiger partial charge < -0.3 is 10.1 Å². The number of carbonyl (C=O) groups is 2. The van der Waals surface area contributed by atoms with Gasteiger partial charge in [0.2, 0.25) is 11.8 Å². The maximum Gasteiger partial charge on any atom is 0.240 e. The molecule has 2 amide bonds. The molecule has 0 saturated heterocycles. The number of hydrogen-bond donors (Lipinski definition) is 1. The van der Waals surface area contributed by atoms with Gasteiger partial charge in [0.05, 0.1) is 22.4 Å². The zero-order valence-corrected chi connectivity index (χ0v) is 23.5. The zero-order valence-electron chi connectivity index (χ0n) is 22.0. The number of benzene rings is 2. The summed E-state index contributed by atoms with van der Waals surface area (Å²) in [5, 5.41) is 8.20. The van der Waals surface area contributed by atoms with Gasteiger partial charge in [0.15, 0.2) is 0 Å².